The lowest BCUT2D eigenvalue weighted by Crippen LogP contribution is -2.40. The van der Waals surface area contributed by atoms with Crippen molar-refractivity contribution in [3.8, 4) is 0 Å². The molecule has 1 heterocycles. The molecule has 116 valence electrons. The Kier molecular flexibility index (Phi) is 3.77. The molecule has 1 aliphatic carbocycles. The lowest BCUT2D eigenvalue weighted by molar-refractivity contribution is -0.145. The Labute approximate surface area is 130 Å². The van der Waals surface area contributed by atoms with Crippen molar-refractivity contribution in [1.82, 2.24) is 0 Å². The Morgan fingerprint density at radius 2 is 1.91 bits per heavy atom. The van der Waals surface area contributed by atoms with Crippen molar-refractivity contribution in [2.75, 3.05) is 4.90 Å². The zero-order valence-electron chi connectivity index (χ0n) is 12.9. The average molecular weight is 299 g/mol. The van der Waals surface area contributed by atoms with Crippen molar-refractivity contribution in [3.63, 3.8) is 0 Å². The fourth-order valence-corrected chi connectivity index (χ4v) is 4.00. The molecule has 3 rings (SSSR count). The maximum absolute atomic E-state index is 13.0. The number of carboxylic acid groups (broad SMARTS) is 1. The number of rotatable bonds is 4. The Hall–Kier alpha value is -2.10. The second-order valence-electron chi connectivity index (χ2n) is 6.05. The monoisotopic (exact) mass is 299 g/mol. The van der Waals surface area contributed by atoms with E-state index in [0.717, 1.165) is 24.1 Å². The van der Waals surface area contributed by atoms with E-state index in [-0.39, 0.29) is 17.9 Å². The molecule has 4 unspecified atom stereocenters. The molecular formula is C18H21NO3. The first-order valence-corrected chi connectivity index (χ1v) is 7.91. The molecule has 1 amide bonds. The number of carbonyl (C=O) groups excluding carboxylic acids is 1. The summed E-state index contributed by atoms with van der Waals surface area (Å²) in [7, 11) is 0. The van der Waals surface area contributed by atoms with Gasteiger partial charge in [-0.25, -0.2) is 0 Å². The van der Waals surface area contributed by atoms with Crippen LogP contribution in [0.3, 0.4) is 0 Å². The van der Waals surface area contributed by atoms with Crippen LogP contribution in [0.2, 0.25) is 0 Å². The van der Waals surface area contributed by atoms with E-state index in [2.05, 4.69) is 6.08 Å². The van der Waals surface area contributed by atoms with Crippen LogP contribution in [-0.4, -0.2) is 23.0 Å². The van der Waals surface area contributed by atoms with E-state index in [1.165, 1.54) is 0 Å². The molecule has 2 bridgehead atoms. The zero-order chi connectivity index (χ0) is 15.9. The molecule has 2 aliphatic rings. The standard InChI is InChI=1S/C18H21NO3/c1-3-11-10-12(4-2)16-15(18(21)22)14(11)17(20)19(16)13-8-6-5-7-9-13/h5-11,14-16H,3-4H2,1-2H3,(H,21,22). The van der Waals surface area contributed by atoms with Gasteiger partial charge in [0.05, 0.1) is 17.9 Å². The molecule has 4 nitrogen and oxygen atoms in total. The van der Waals surface area contributed by atoms with Gasteiger partial charge >= 0.3 is 5.97 Å². The first-order valence-electron chi connectivity index (χ1n) is 7.91. The number of allylic oxidation sites excluding steroid dienone is 1. The average Bonchev–Trinajstić information content (AvgIpc) is 2.77. The second-order valence-corrected chi connectivity index (χ2v) is 6.05. The summed E-state index contributed by atoms with van der Waals surface area (Å²) in [6, 6.07) is 9.08. The Morgan fingerprint density at radius 3 is 2.45 bits per heavy atom. The van der Waals surface area contributed by atoms with Gasteiger partial charge in [-0.15, -0.1) is 0 Å². The van der Waals surface area contributed by atoms with Crippen LogP contribution in [0.1, 0.15) is 26.7 Å². The number of fused-ring (bicyclic) bond motifs is 2. The third-order valence-electron chi connectivity index (χ3n) is 5.00. The van der Waals surface area contributed by atoms with Crippen molar-refractivity contribution in [2.45, 2.75) is 32.7 Å². The van der Waals surface area contributed by atoms with Crippen LogP contribution in [-0.2, 0) is 9.59 Å². The number of nitrogens with zero attached hydrogens (tertiary/aromatic N) is 1. The number of para-hydroxylation sites is 1. The minimum absolute atomic E-state index is 0.0218. The fraction of sp³-hybridized carbons (Fsp3) is 0.444. The molecule has 4 atom stereocenters. The SMILES string of the molecule is CCC1=CC(CC)C2C(=O)N(c3ccccc3)C1C2C(=O)O. The third kappa shape index (κ3) is 2.05. The molecule has 22 heavy (non-hydrogen) atoms. The normalized spacial score (nSPS) is 30.4. The van der Waals surface area contributed by atoms with Gasteiger partial charge in [0, 0.05) is 5.69 Å². The Morgan fingerprint density at radius 1 is 1.23 bits per heavy atom. The van der Waals surface area contributed by atoms with Crippen LogP contribution in [0, 0.1) is 17.8 Å². The van der Waals surface area contributed by atoms with Gasteiger partial charge in [-0.1, -0.05) is 43.7 Å². The van der Waals surface area contributed by atoms with Gasteiger partial charge in [0.15, 0.2) is 0 Å². The van der Waals surface area contributed by atoms with Gasteiger partial charge in [0.1, 0.15) is 0 Å². The largest absolute Gasteiger partial charge is 0.481 e. The van der Waals surface area contributed by atoms with E-state index >= 15 is 0 Å². The van der Waals surface area contributed by atoms with Crippen LogP contribution in [0.15, 0.2) is 42.0 Å². The minimum atomic E-state index is -0.862. The lowest BCUT2D eigenvalue weighted by atomic mass is 9.72. The maximum atomic E-state index is 13.0. The van der Waals surface area contributed by atoms with Crippen molar-refractivity contribution in [1.29, 1.82) is 0 Å². The predicted octanol–water partition coefficient (Wildman–Crippen LogP) is 3.10. The summed E-state index contributed by atoms with van der Waals surface area (Å²) in [5.41, 5.74) is 1.87. The van der Waals surface area contributed by atoms with Crippen LogP contribution in [0.4, 0.5) is 5.69 Å². The Balaban J connectivity index is 2.13. The van der Waals surface area contributed by atoms with E-state index in [1.54, 1.807) is 4.90 Å². The van der Waals surface area contributed by atoms with Crippen LogP contribution in [0.25, 0.3) is 0 Å². The number of aliphatic carboxylic acids is 1. The molecule has 0 aromatic heterocycles. The number of hydrogen-bond donors (Lipinski definition) is 1. The number of carboxylic acids is 1. The topological polar surface area (TPSA) is 57.6 Å². The fourth-order valence-electron chi connectivity index (χ4n) is 4.00. The van der Waals surface area contributed by atoms with Crippen LogP contribution >= 0.6 is 0 Å². The summed E-state index contributed by atoms with van der Waals surface area (Å²) in [5.74, 6) is -1.97. The first kappa shape index (κ1) is 14.8. The summed E-state index contributed by atoms with van der Waals surface area (Å²) >= 11 is 0. The molecule has 0 saturated carbocycles. The second kappa shape index (κ2) is 5.59. The molecule has 0 radical (unpaired) electrons. The lowest BCUT2D eigenvalue weighted by Gasteiger charge is -2.32. The number of carbonyl (C=O) groups is 2. The number of benzene rings is 1. The first-order chi connectivity index (χ1) is 10.6. The highest BCUT2D eigenvalue weighted by Gasteiger charge is 2.57. The number of hydrogen-bond acceptors (Lipinski definition) is 2. The molecule has 1 aromatic carbocycles. The molecule has 4 heteroatoms. The summed E-state index contributed by atoms with van der Waals surface area (Å²) < 4.78 is 0. The number of anilines is 1. The van der Waals surface area contributed by atoms with Gasteiger partial charge in [-0.2, -0.15) is 0 Å². The van der Waals surface area contributed by atoms with E-state index < -0.39 is 17.8 Å². The van der Waals surface area contributed by atoms with Crippen molar-refractivity contribution in [3.05, 3.63) is 42.0 Å². The van der Waals surface area contributed by atoms with E-state index in [1.807, 2.05) is 44.2 Å². The van der Waals surface area contributed by atoms with Gasteiger partial charge in [-0.05, 0) is 30.9 Å². The highest BCUT2D eigenvalue weighted by Crippen LogP contribution is 2.47. The Bertz CT molecular complexity index is 622. The number of amides is 1. The molecule has 1 fully saturated rings. The molecule has 1 aromatic rings. The molecule has 1 N–H and O–H groups in total. The summed E-state index contributed by atoms with van der Waals surface area (Å²) in [5, 5.41) is 9.72. The minimum Gasteiger partial charge on any atom is -0.481 e. The van der Waals surface area contributed by atoms with E-state index in [9.17, 15) is 14.7 Å². The van der Waals surface area contributed by atoms with Crippen LogP contribution < -0.4 is 4.90 Å². The van der Waals surface area contributed by atoms with Crippen LogP contribution in [0.5, 0.6) is 0 Å². The van der Waals surface area contributed by atoms with E-state index in [4.69, 9.17) is 0 Å². The smallest absolute Gasteiger partial charge is 0.309 e. The summed E-state index contributed by atoms with van der Waals surface area (Å²) in [6.45, 7) is 4.05. The van der Waals surface area contributed by atoms with Crippen molar-refractivity contribution in [2.24, 2.45) is 17.8 Å². The van der Waals surface area contributed by atoms with Gasteiger partial charge in [0.2, 0.25) is 5.91 Å². The quantitative estimate of drug-likeness (QED) is 0.869. The highest BCUT2D eigenvalue weighted by molar-refractivity contribution is 6.03. The van der Waals surface area contributed by atoms with Crippen molar-refractivity contribution >= 4 is 17.6 Å². The third-order valence-corrected chi connectivity index (χ3v) is 5.00. The summed E-state index contributed by atoms with van der Waals surface area (Å²) in [6.07, 6.45) is 3.71. The summed E-state index contributed by atoms with van der Waals surface area (Å²) in [4.78, 5) is 26.5. The van der Waals surface area contributed by atoms with Gasteiger partial charge < -0.3 is 10.0 Å². The molecule has 0 spiro atoms. The highest BCUT2D eigenvalue weighted by atomic mass is 16.4. The maximum Gasteiger partial charge on any atom is 0.309 e. The van der Waals surface area contributed by atoms with E-state index in [0.29, 0.717) is 0 Å². The molecular weight excluding hydrogens is 278 g/mol. The van der Waals surface area contributed by atoms with Gasteiger partial charge in [-0.3, -0.25) is 9.59 Å². The molecule has 1 saturated heterocycles. The van der Waals surface area contributed by atoms with Gasteiger partial charge in [0.25, 0.3) is 0 Å². The van der Waals surface area contributed by atoms with Crippen molar-refractivity contribution < 1.29 is 14.7 Å². The molecule has 1 aliphatic heterocycles. The zero-order valence-corrected chi connectivity index (χ0v) is 12.9. The predicted molar refractivity (Wildman–Crippen MR) is 84.5 cm³/mol.